The first kappa shape index (κ1) is 21.3. The van der Waals surface area contributed by atoms with Gasteiger partial charge in [-0.3, -0.25) is 14.2 Å². The molecule has 32 heavy (non-hydrogen) atoms. The van der Waals surface area contributed by atoms with Gasteiger partial charge in [0.15, 0.2) is 0 Å². The van der Waals surface area contributed by atoms with Crippen LogP contribution in [0.1, 0.15) is 27.4 Å². The normalized spacial score (nSPS) is 10.8. The second-order valence-electron chi connectivity index (χ2n) is 7.10. The predicted molar refractivity (Wildman–Crippen MR) is 119 cm³/mol. The average molecular weight is 451 g/mol. The predicted octanol–water partition coefficient (Wildman–Crippen LogP) is 2.93. The number of rotatable bonds is 6. The summed E-state index contributed by atoms with van der Waals surface area (Å²) in [5.74, 6) is -0.197. The van der Waals surface area contributed by atoms with Crippen LogP contribution in [0.3, 0.4) is 0 Å². The van der Waals surface area contributed by atoms with E-state index in [4.69, 9.17) is 16.0 Å². The third-order valence-electron chi connectivity index (χ3n) is 4.94. The highest BCUT2D eigenvalue weighted by atomic mass is 35.5. The van der Waals surface area contributed by atoms with Gasteiger partial charge < -0.3 is 9.73 Å². The molecule has 0 saturated heterocycles. The van der Waals surface area contributed by atoms with Crippen molar-refractivity contribution in [3.8, 4) is 5.69 Å². The molecule has 2 aromatic carbocycles. The van der Waals surface area contributed by atoms with Crippen LogP contribution in [0.5, 0.6) is 0 Å². The topological polar surface area (TPSA) is 99.1 Å². The molecule has 4 aromatic rings. The number of hydrogen-bond acceptors (Lipinski definition) is 5. The number of amides is 1. The molecule has 0 atom stereocenters. The van der Waals surface area contributed by atoms with Gasteiger partial charge in [-0.25, -0.2) is 4.79 Å². The number of carbonyl (C=O) groups is 1. The van der Waals surface area contributed by atoms with Gasteiger partial charge in [-0.1, -0.05) is 35.9 Å². The Morgan fingerprint density at radius 1 is 1.06 bits per heavy atom. The number of aromatic nitrogens is 3. The van der Waals surface area contributed by atoms with E-state index in [9.17, 15) is 14.4 Å². The second kappa shape index (κ2) is 9.07. The van der Waals surface area contributed by atoms with E-state index >= 15 is 0 Å². The second-order valence-corrected chi connectivity index (χ2v) is 7.54. The van der Waals surface area contributed by atoms with Crippen molar-refractivity contribution in [3.63, 3.8) is 0 Å². The maximum Gasteiger partial charge on any atom is 0.352 e. The van der Waals surface area contributed by atoms with Gasteiger partial charge in [0.1, 0.15) is 5.76 Å². The molecule has 9 heteroatoms. The monoisotopic (exact) mass is 450 g/mol. The lowest BCUT2D eigenvalue weighted by molar-refractivity contribution is 0.0938. The number of furan rings is 1. The summed E-state index contributed by atoms with van der Waals surface area (Å²) in [6.07, 6.45) is 1.48. The Balaban J connectivity index is 1.81. The first-order valence-electron chi connectivity index (χ1n) is 9.79. The van der Waals surface area contributed by atoms with Gasteiger partial charge in [0.25, 0.3) is 11.5 Å². The molecule has 0 radical (unpaired) electrons. The van der Waals surface area contributed by atoms with E-state index in [-0.39, 0.29) is 13.1 Å². The fourth-order valence-corrected chi connectivity index (χ4v) is 3.30. The SMILES string of the molecule is Cc1ccccc1Cn1c(=O)c(C(=O)NCc2ccco2)nn(-c2ccc(Cl)cc2)c1=O. The largest absolute Gasteiger partial charge is 0.467 e. The van der Waals surface area contributed by atoms with Crippen LogP contribution in [0.25, 0.3) is 5.69 Å². The molecule has 1 N–H and O–H groups in total. The molecule has 0 saturated carbocycles. The number of carbonyl (C=O) groups excluding carboxylic acids is 1. The molecule has 1 amide bonds. The third-order valence-corrected chi connectivity index (χ3v) is 5.19. The molecule has 0 aliphatic rings. The van der Waals surface area contributed by atoms with Crippen molar-refractivity contribution in [2.24, 2.45) is 0 Å². The minimum absolute atomic E-state index is 0.00108. The lowest BCUT2D eigenvalue weighted by Gasteiger charge is -2.13. The molecular weight excluding hydrogens is 432 g/mol. The lowest BCUT2D eigenvalue weighted by Crippen LogP contribution is -2.46. The van der Waals surface area contributed by atoms with E-state index in [1.807, 2.05) is 31.2 Å². The maximum atomic E-state index is 13.2. The Kier molecular flexibility index (Phi) is 6.04. The maximum absolute atomic E-state index is 13.2. The van der Waals surface area contributed by atoms with E-state index < -0.39 is 22.9 Å². The molecule has 0 fully saturated rings. The first-order valence-corrected chi connectivity index (χ1v) is 10.2. The van der Waals surface area contributed by atoms with Crippen LogP contribution in [0.15, 0.2) is 80.9 Å². The van der Waals surface area contributed by atoms with Gasteiger partial charge >= 0.3 is 5.69 Å². The van der Waals surface area contributed by atoms with E-state index in [2.05, 4.69) is 10.4 Å². The molecule has 0 aliphatic carbocycles. The fourth-order valence-electron chi connectivity index (χ4n) is 3.17. The standard InChI is InChI=1S/C23H19ClN4O4/c1-15-5-2-3-6-16(15)14-27-22(30)20(21(29)25-13-19-7-4-12-32-19)26-28(23(27)31)18-10-8-17(24)9-11-18/h2-12H,13-14H2,1H3,(H,25,29). The van der Waals surface area contributed by atoms with E-state index in [1.54, 1.807) is 36.4 Å². The van der Waals surface area contributed by atoms with Crippen molar-refractivity contribution >= 4 is 17.5 Å². The minimum atomic E-state index is -0.777. The molecule has 162 valence electrons. The minimum Gasteiger partial charge on any atom is -0.467 e. The van der Waals surface area contributed by atoms with Crippen LogP contribution >= 0.6 is 11.6 Å². The Bertz CT molecular complexity index is 1370. The summed E-state index contributed by atoms with van der Waals surface area (Å²) < 4.78 is 7.23. The number of aryl methyl sites for hydroxylation is 1. The number of nitrogens with zero attached hydrogens (tertiary/aromatic N) is 3. The van der Waals surface area contributed by atoms with E-state index in [0.717, 1.165) is 20.4 Å². The van der Waals surface area contributed by atoms with E-state index in [1.165, 1.54) is 6.26 Å². The Morgan fingerprint density at radius 2 is 1.81 bits per heavy atom. The molecule has 2 aromatic heterocycles. The zero-order valence-electron chi connectivity index (χ0n) is 17.1. The Morgan fingerprint density at radius 3 is 2.50 bits per heavy atom. The van der Waals surface area contributed by atoms with Crippen LogP contribution in [-0.2, 0) is 13.1 Å². The van der Waals surface area contributed by atoms with Crippen LogP contribution in [0.4, 0.5) is 0 Å². The van der Waals surface area contributed by atoms with Crippen molar-refractivity contribution in [3.05, 3.63) is 115 Å². The summed E-state index contributed by atoms with van der Waals surface area (Å²) in [5, 5.41) is 7.17. The zero-order chi connectivity index (χ0) is 22.7. The van der Waals surface area contributed by atoms with Crippen molar-refractivity contribution in [2.45, 2.75) is 20.0 Å². The van der Waals surface area contributed by atoms with Gasteiger partial charge in [-0.15, -0.1) is 0 Å². The highest BCUT2D eigenvalue weighted by Crippen LogP contribution is 2.12. The van der Waals surface area contributed by atoms with Crippen molar-refractivity contribution in [2.75, 3.05) is 0 Å². The number of benzene rings is 2. The summed E-state index contributed by atoms with van der Waals surface area (Å²) in [5.41, 5.74) is 0.223. The highest BCUT2D eigenvalue weighted by Gasteiger charge is 2.21. The van der Waals surface area contributed by atoms with Gasteiger partial charge in [0.05, 0.1) is 25.0 Å². The Labute approximate surface area is 187 Å². The summed E-state index contributed by atoms with van der Waals surface area (Å²) in [7, 11) is 0. The smallest absolute Gasteiger partial charge is 0.352 e. The summed E-state index contributed by atoms with van der Waals surface area (Å²) in [6.45, 7) is 1.96. The van der Waals surface area contributed by atoms with Gasteiger partial charge in [0.2, 0.25) is 5.69 Å². The fraction of sp³-hybridized carbons (Fsp3) is 0.130. The van der Waals surface area contributed by atoms with Crippen LogP contribution in [0, 0.1) is 6.92 Å². The molecule has 0 bridgehead atoms. The van der Waals surface area contributed by atoms with Crippen molar-refractivity contribution in [1.82, 2.24) is 19.7 Å². The third kappa shape index (κ3) is 4.40. The first-order chi connectivity index (χ1) is 15.4. The highest BCUT2D eigenvalue weighted by molar-refractivity contribution is 6.30. The summed E-state index contributed by atoms with van der Waals surface area (Å²) in [6, 6.07) is 17.1. The van der Waals surface area contributed by atoms with Gasteiger partial charge in [0, 0.05) is 5.02 Å². The number of halogens is 1. The molecule has 0 spiro atoms. The van der Waals surface area contributed by atoms with Crippen LogP contribution in [-0.4, -0.2) is 20.3 Å². The number of hydrogen-bond donors (Lipinski definition) is 1. The van der Waals surface area contributed by atoms with Gasteiger partial charge in [-0.05, 0) is 54.4 Å². The Hall–Kier alpha value is -3.91. The van der Waals surface area contributed by atoms with E-state index in [0.29, 0.717) is 16.5 Å². The lowest BCUT2D eigenvalue weighted by atomic mass is 10.1. The number of nitrogens with one attached hydrogen (secondary N) is 1. The summed E-state index contributed by atoms with van der Waals surface area (Å²) >= 11 is 5.96. The molecule has 2 heterocycles. The van der Waals surface area contributed by atoms with Crippen molar-refractivity contribution in [1.29, 1.82) is 0 Å². The van der Waals surface area contributed by atoms with Crippen LogP contribution in [0.2, 0.25) is 5.02 Å². The molecule has 4 rings (SSSR count). The quantitative estimate of drug-likeness (QED) is 0.487. The zero-order valence-corrected chi connectivity index (χ0v) is 17.9. The summed E-state index contributed by atoms with van der Waals surface area (Å²) in [4.78, 5) is 39.1. The molecule has 0 unspecified atom stereocenters. The molecule has 0 aliphatic heterocycles. The van der Waals surface area contributed by atoms with Gasteiger partial charge in [-0.2, -0.15) is 9.78 Å². The van der Waals surface area contributed by atoms with Crippen LogP contribution < -0.4 is 16.6 Å². The van der Waals surface area contributed by atoms with Crippen molar-refractivity contribution < 1.29 is 9.21 Å². The molecular formula is C23H19ClN4O4. The average Bonchev–Trinajstić information content (AvgIpc) is 3.31. The molecule has 8 nitrogen and oxygen atoms in total.